The normalized spacial score (nSPS) is 24.6. The fourth-order valence-corrected chi connectivity index (χ4v) is 2.67. The van der Waals surface area contributed by atoms with E-state index in [4.69, 9.17) is 9.47 Å². The van der Waals surface area contributed by atoms with Crippen molar-refractivity contribution in [3.8, 4) is 0 Å². The van der Waals surface area contributed by atoms with E-state index < -0.39 is 5.41 Å². The highest BCUT2D eigenvalue weighted by atomic mass is 16.5. The Morgan fingerprint density at radius 2 is 1.94 bits per heavy atom. The van der Waals surface area contributed by atoms with Gasteiger partial charge in [0.1, 0.15) is 0 Å². The Morgan fingerprint density at radius 1 is 1.28 bits per heavy atom. The van der Waals surface area contributed by atoms with Crippen LogP contribution < -0.4 is 5.32 Å². The second-order valence-corrected chi connectivity index (χ2v) is 5.96. The number of piperidine rings is 1. The zero-order valence-corrected chi connectivity index (χ0v) is 11.5. The van der Waals surface area contributed by atoms with E-state index in [9.17, 15) is 4.79 Å². The Morgan fingerprint density at radius 3 is 2.50 bits per heavy atom. The molecule has 0 aromatic heterocycles. The molecule has 1 saturated heterocycles. The summed E-state index contributed by atoms with van der Waals surface area (Å²) in [4.78, 5) is 12.0. The summed E-state index contributed by atoms with van der Waals surface area (Å²) in [5, 5.41) is 3.32. The highest BCUT2D eigenvalue weighted by Gasteiger charge is 2.40. The second-order valence-electron chi connectivity index (χ2n) is 5.96. The van der Waals surface area contributed by atoms with Crippen LogP contribution in [0, 0.1) is 11.3 Å². The van der Waals surface area contributed by atoms with E-state index in [1.54, 1.807) is 0 Å². The van der Waals surface area contributed by atoms with Crippen LogP contribution in [0.15, 0.2) is 0 Å². The maximum absolute atomic E-state index is 12.0. The number of esters is 1. The molecule has 18 heavy (non-hydrogen) atoms. The van der Waals surface area contributed by atoms with Crippen LogP contribution >= 0.6 is 0 Å². The minimum absolute atomic E-state index is 0.122. The summed E-state index contributed by atoms with van der Waals surface area (Å²) >= 11 is 0. The zero-order chi connectivity index (χ0) is 13.0. The van der Waals surface area contributed by atoms with Gasteiger partial charge in [-0.05, 0) is 45.2 Å². The first-order chi connectivity index (χ1) is 8.64. The number of methoxy groups -OCH3 is 1. The van der Waals surface area contributed by atoms with Gasteiger partial charge < -0.3 is 14.8 Å². The highest BCUT2D eigenvalue weighted by molar-refractivity contribution is 5.76. The summed E-state index contributed by atoms with van der Waals surface area (Å²) < 4.78 is 10.9. The van der Waals surface area contributed by atoms with Crippen LogP contribution in [0.5, 0.6) is 0 Å². The SMILES string of the molecule is COC(=O)C(C)(COC1CCNCC1)CC1CC1. The molecule has 2 aliphatic rings. The van der Waals surface area contributed by atoms with Gasteiger partial charge in [0.25, 0.3) is 0 Å². The lowest BCUT2D eigenvalue weighted by molar-refractivity contribution is -0.158. The van der Waals surface area contributed by atoms with Gasteiger partial charge >= 0.3 is 5.97 Å². The summed E-state index contributed by atoms with van der Waals surface area (Å²) in [5.74, 6) is 0.578. The van der Waals surface area contributed by atoms with Crippen molar-refractivity contribution in [1.29, 1.82) is 0 Å². The Labute approximate surface area is 109 Å². The lowest BCUT2D eigenvalue weighted by Crippen LogP contribution is -2.39. The molecule has 2 fully saturated rings. The van der Waals surface area contributed by atoms with Crippen molar-refractivity contribution < 1.29 is 14.3 Å². The Balaban J connectivity index is 1.85. The molecule has 1 atom stereocenters. The Kier molecular flexibility index (Phi) is 4.62. The molecular formula is C14H25NO3. The fraction of sp³-hybridized carbons (Fsp3) is 0.929. The van der Waals surface area contributed by atoms with E-state index in [0.717, 1.165) is 32.4 Å². The first-order valence-electron chi connectivity index (χ1n) is 7.05. The minimum atomic E-state index is -0.458. The molecule has 0 spiro atoms. The molecule has 4 nitrogen and oxygen atoms in total. The monoisotopic (exact) mass is 255 g/mol. The van der Waals surface area contributed by atoms with E-state index >= 15 is 0 Å². The largest absolute Gasteiger partial charge is 0.469 e. The first-order valence-corrected chi connectivity index (χ1v) is 7.05. The molecule has 104 valence electrons. The van der Waals surface area contributed by atoms with Crippen molar-refractivity contribution >= 4 is 5.97 Å². The lowest BCUT2D eigenvalue weighted by atomic mass is 9.85. The van der Waals surface area contributed by atoms with Gasteiger partial charge in [-0.3, -0.25) is 4.79 Å². The quantitative estimate of drug-likeness (QED) is 0.734. The van der Waals surface area contributed by atoms with Gasteiger partial charge in [0.15, 0.2) is 0 Å². The summed E-state index contributed by atoms with van der Waals surface area (Å²) in [6.07, 6.45) is 5.79. The van der Waals surface area contributed by atoms with Crippen LogP contribution in [0.4, 0.5) is 0 Å². The Hall–Kier alpha value is -0.610. The molecule has 0 bridgehead atoms. The van der Waals surface area contributed by atoms with Gasteiger partial charge in [-0.1, -0.05) is 12.8 Å². The molecule has 1 aliphatic heterocycles. The predicted octanol–water partition coefficient (Wildman–Crippen LogP) is 1.73. The van der Waals surface area contributed by atoms with E-state index in [1.165, 1.54) is 20.0 Å². The average molecular weight is 255 g/mol. The number of rotatable bonds is 6. The van der Waals surface area contributed by atoms with Crippen LogP contribution in [-0.2, 0) is 14.3 Å². The summed E-state index contributed by atoms with van der Waals surface area (Å²) in [6, 6.07) is 0. The van der Waals surface area contributed by atoms with Crippen LogP contribution in [0.25, 0.3) is 0 Å². The van der Waals surface area contributed by atoms with Crippen molar-refractivity contribution in [2.24, 2.45) is 11.3 Å². The molecule has 0 aromatic carbocycles. The summed E-state index contributed by atoms with van der Waals surface area (Å²) in [6.45, 7) is 4.52. The standard InChI is InChI=1S/C14H25NO3/c1-14(13(16)17-2,9-11-3-4-11)10-18-12-5-7-15-8-6-12/h11-12,15H,3-10H2,1-2H3. The number of hydrogen-bond donors (Lipinski definition) is 1. The van der Waals surface area contributed by atoms with Gasteiger partial charge in [0.05, 0.1) is 25.2 Å². The summed E-state index contributed by atoms with van der Waals surface area (Å²) in [5.41, 5.74) is -0.458. The molecule has 0 aromatic rings. The van der Waals surface area contributed by atoms with Gasteiger partial charge in [0.2, 0.25) is 0 Å². The number of nitrogens with one attached hydrogen (secondary N) is 1. The third-order valence-corrected chi connectivity index (χ3v) is 4.04. The molecule has 1 aliphatic carbocycles. The van der Waals surface area contributed by atoms with Crippen molar-refractivity contribution in [2.45, 2.75) is 45.1 Å². The van der Waals surface area contributed by atoms with E-state index in [2.05, 4.69) is 5.32 Å². The molecule has 4 heteroatoms. The molecule has 2 rings (SSSR count). The molecule has 1 heterocycles. The fourth-order valence-electron chi connectivity index (χ4n) is 2.67. The molecule has 0 radical (unpaired) electrons. The topological polar surface area (TPSA) is 47.6 Å². The molecule has 1 saturated carbocycles. The summed E-state index contributed by atoms with van der Waals surface area (Å²) in [7, 11) is 1.47. The molecule has 1 N–H and O–H groups in total. The number of hydrogen-bond acceptors (Lipinski definition) is 4. The van der Waals surface area contributed by atoms with E-state index in [-0.39, 0.29) is 5.97 Å². The molecule has 1 unspecified atom stereocenters. The molecular weight excluding hydrogens is 230 g/mol. The number of ether oxygens (including phenoxy) is 2. The maximum atomic E-state index is 12.0. The van der Waals surface area contributed by atoms with Crippen molar-refractivity contribution in [1.82, 2.24) is 5.32 Å². The first kappa shape index (κ1) is 13.8. The van der Waals surface area contributed by atoms with Crippen LogP contribution in [0.2, 0.25) is 0 Å². The zero-order valence-electron chi connectivity index (χ0n) is 11.5. The Bertz CT molecular complexity index is 285. The van der Waals surface area contributed by atoms with Crippen LogP contribution in [-0.4, -0.2) is 38.9 Å². The van der Waals surface area contributed by atoms with E-state index in [1.807, 2.05) is 6.92 Å². The third-order valence-electron chi connectivity index (χ3n) is 4.04. The lowest BCUT2D eigenvalue weighted by Gasteiger charge is -2.30. The smallest absolute Gasteiger partial charge is 0.313 e. The van der Waals surface area contributed by atoms with Crippen LogP contribution in [0.3, 0.4) is 0 Å². The van der Waals surface area contributed by atoms with Crippen LogP contribution in [0.1, 0.15) is 39.0 Å². The predicted molar refractivity (Wildman–Crippen MR) is 69.3 cm³/mol. The third kappa shape index (κ3) is 3.69. The van der Waals surface area contributed by atoms with Gasteiger partial charge in [-0.15, -0.1) is 0 Å². The van der Waals surface area contributed by atoms with E-state index in [0.29, 0.717) is 18.6 Å². The van der Waals surface area contributed by atoms with Crippen molar-refractivity contribution in [2.75, 3.05) is 26.8 Å². The highest BCUT2D eigenvalue weighted by Crippen LogP contribution is 2.41. The average Bonchev–Trinajstić information content (AvgIpc) is 3.20. The van der Waals surface area contributed by atoms with Gasteiger partial charge in [-0.25, -0.2) is 0 Å². The second kappa shape index (κ2) is 6.02. The maximum Gasteiger partial charge on any atom is 0.313 e. The van der Waals surface area contributed by atoms with Crippen molar-refractivity contribution in [3.63, 3.8) is 0 Å². The van der Waals surface area contributed by atoms with Crippen molar-refractivity contribution in [3.05, 3.63) is 0 Å². The minimum Gasteiger partial charge on any atom is -0.469 e. The molecule has 0 amide bonds. The van der Waals surface area contributed by atoms with Gasteiger partial charge in [0, 0.05) is 0 Å². The van der Waals surface area contributed by atoms with Gasteiger partial charge in [-0.2, -0.15) is 0 Å². The number of carbonyl (C=O) groups is 1. The number of carbonyl (C=O) groups excluding carboxylic acids is 1.